The molecule has 1 amide bonds. The van der Waals surface area contributed by atoms with Crippen LogP contribution in [0.5, 0.6) is 0 Å². The molecule has 0 spiro atoms. The molecule has 142 valence electrons. The summed E-state index contributed by atoms with van der Waals surface area (Å²) in [6.07, 6.45) is 1.35. The molecule has 5 heteroatoms. The van der Waals surface area contributed by atoms with Gasteiger partial charge in [-0.3, -0.25) is 4.79 Å². The highest BCUT2D eigenvalue weighted by Gasteiger charge is 2.22. The van der Waals surface area contributed by atoms with Gasteiger partial charge in [0, 0.05) is 40.2 Å². The number of aliphatic imine (C=N–C) groups is 1. The number of nitrogens with zero attached hydrogens (tertiary/aromatic N) is 3. The smallest absolute Gasteiger partial charge is 0.223 e. The second kappa shape index (κ2) is 9.21. The van der Waals surface area contributed by atoms with Gasteiger partial charge >= 0.3 is 0 Å². The maximum absolute atomic E-state index is 12.5. The number of rotatable bonds is 6. The molecule has 5 nitrogen and oxygen atoms in total. The Kier molecular flexibility index (Phi) is 6.47. The minimum atomic E-state index is 0.223. The van der Waals surface area contributed by atoms with E-state index in [-0.39, 0.29) is 5.91 Å². The van der Waals surface area contributed by atoms with E-state index >= 15 is 0 Å². The van der Waals surface area contributed by atoms with E-state index in [0.29, 0.717) is 13.0 Å². The summed E-state index contributed by atoms with van der Waals surface area (Å²) in [5, 5.41) is 3.36. The molecule has 0 unspecified atom stereocenters. The third-order valence-corrected chi connectivity index (χ3v) is 4.72. The molecule has 3 rings (SSSR count). The van der Waals surface area contributed by atoms with Crippen molar-refractivity contribution in [1.82, 2.24) is 15.1 Å². The first kappa shape index (κ1) is 19.0. The summed E-state index contributed by atoms with van der Waals surface area (Å²) in [6.45, 7) is 2.86. The summed E-state index contributed by atoms with van der Waals surface area (Å²) in [5.74, 6) is 1.07. The Labute approximate surface area is 161 Å². The van der Waals surface area contributed by atoms with E-state index in [1.165, 1.54) is 16.7 Å². The first-order valence-corrected chi connectivity index (χ1v) is 9.47. The molecular weight excluding hydrogens is 336 g/mol. The standard InChI is InChI=1S/C22H28N4O/c1-25(2)22(24-15-18-9-4-3-5-10-18)23-14-8-13-21(27)26-16-19-11-6-7-12-20(19)17-26/h3-7,9-12H,8,13-17H2,1-2H3,(H,23,24). The Hall–Kier alpha value is -2.82. The second-order valence-corrected chi connectivity index (χ2v) is 7.07. The van der Waals surface area contributed by atoms with Crippen LogP contribution in [0.4, 0.5) is 0 Å². The molecule has 0 radical (unpaired) electrons. The van der Waals surface area contributed by atoms with Gasteiger partial charge in [0.15, 0.2) is 5.96 Å². The van der Waals surface area contributed by atoms with Crippen molar-refractivity contribution in [3.63, 3.8) is 0 Å². The van der Waals surface area contributed by atoms with E-state index in [1.54, 1.807) is 0 Å². The summed E-state index contributed by atoms with van der Waals surface area (Å²) < 4.78 is 0. The molecule has 2 aromatic carbocycles. The topological polar surface area (TPSA) is 47.9 Å². The highest BCUT2D eigenvalue weighted by molar-refractivity contribution is 5.80. The normalized spacial score (nSPS) is 13.4. The van der Waals surface area contributed by atoms with Crippen molar-refractivity contribution in [3.8, 4) is 0 Å². The van der Waals surface area contributed by atoms with Gasteiger partial charge in [0.25, 0.3) is 0 Å². The van der Waals surface area contributed by atoms with Crippen LogP contribution in [-0.2, 0) is 24.4 Å². The van der Waals surface area contributed by atoms with Crippen LogP contribution in [0.15, 0.2) is 59.6 Å². The Morgan fingerprint density at radius 3 is 2.30 bits per heavy atom. The van der Waals surface area contributed by atoms with Crippen LogP contribution in [0.2, 0.25) is 0 Å². The minimum Gasteiger partial charge on any atom is -0.356 e. The summed E-state index contributed by atoms with van der Waals surface area (Å²) >= 11 is 0. The quantitative estimate of drug-likeness (QED) is 0.487. The van der Waals surface area contributed by atoms with Gasteiger partial charge in [-0.2, -0.15) is 0 Å². The van der Waals surface area contributed by atoms with Crippen molar-refractivity contribution < 1.29 is 4.79 Å². The Morgan fingerprint density at radius 2 is 1.67 bits per heavy atom. The molecule has 0 fully saturated rings. The molecule has 0 saturated carbocycles. The summed E-state index contributed by atoms with van der Waals surface area (Å²) in [4.78, 5) is 21.0. The van der Waals surface area contributed by atoms with Crippen molar-refractivity contribution in [2.75, 3.05) is 20.6 Å². The summed E-state index contributed by atoms with van der Waals surface area (Å²) in [6, 6.07) is 18.5. The van der Waals surface area contributed by atoms with Gasteiger partial charge in [0.2, 0.25) is 5.91 Å². The average molecular weight is 364 g/mol. The van der Waals surface area contributed by atoms with Crippen LogP contribution in [-0.4, -0.2) is 42.3 Å². The first-order chi connectivity index (χ1) is 13.1. The monoisotopic (exact) mass is 364 g/mol. The van der Waals surface area contributed by atoms with Crippen LogP contribution >= 0.6 is 0 Å². The Morgan fingerprint density at radius 1 is 1.04 bits per heavy atom. The molecule has 1 heterocycles. The van der Waals surface area contributed by atoms with Gasteiger partial charge in [-0.05, 0) is 23.1 Å². The van der Waals surface area contributed by atoms with E-state index in [1.807, 2.05) is 54.2 Å². The number of nitrogens with one attached hydrogen (secondary N) is 1. The molecule has 0 atom stereocenters. The van der Waals surface area contributed by atoms with E-state index in [9.17, 15) is 4.79 Å². The van der Waals surface area contributed by atoms with E-state index < -0.39 is 0 Å². The lowest BCUT2D eigenvalue weighted by Gasteiger charge is -2.19. The van der Waals surface area contributed by atoms with Gasteiger partial charge < -0.3 is 15.1 Å². The third kappa shape index (κ3) is 5.33. The van der Waals surface area contributed by atoms with Gasteiger partial charge in [-0.1, -0.05) is 54.6 Å². The predicted octanol–water partition coefficient (Wildman–Crippen LogP) is 3.02. The molecule has 0 saturated heterocycles. The van der Waals surface area contributed by atoms with Crippen LogP contribution in [0, 0.1) is 0 Å². The molecule has 1 aliphatic heterocycles. The van der Waals surface area contributed by atoms with Gasteiger partial charge in [-0.25, -0.2) is 4.99 Å². The predicted molar refractivity (Wildman–Crippen MR) is 109 cm³/mol. The molecular formula is C22H28N4O. The van der Waals surface area contributed by atoms with Gasteiger partial charge in [0.1, 0.15) is 0 Å². The average Bonchev–Trinajstić information content (AvgIpc) is 3.12. The van der Waals surface area contributed by atoms with Crippen LogP contribution in [0.25, 0.3) is 0 Å². The molecule has 1 aliphatic rings. The minimum absolute atomic E-state index is 0.223. The number of amides is 1. The lowest BCUT2D eigenvalue weighted by Crippen LogP contribution is -2.37. The fraction of sp³-hybridized carbons (Fsp3) is 0.364. The van der Waals surface area contributed by atoms with Crippen LogP contribution in [0.1, 0.15) is 29.5 Å². The number of carbonyl (C=O) groups excluding carboxylic acids is 1. The molecule has 0 aliphatic carbocycles. The number of fused-ring (bicyclic) bond motifs is 1. The van der Waals surface area contributed by atoms with Crippen molar-refractivity contribution >= 4 is 11.9 Å². The maximum Gasteiger partial charge on any atom is 0.223 e. The summed E-state index contributed by atoms with van der Waals surface area (Å²) in [7, 11) is 3.95. The van der Waals surface area contributed by atoms with Crippen molar-refractivity contribution in [2.24, 2.45) is 4.99 Å². The van der Waals surface area contributed by atoms with Crippen molar-refractivity contribution in [2.45, 2.75) is 32.5 Å². The number of carbonyl (C=O) groups is 1. The van der Waals surface area contributed by atoms with E-state index in [2.05, 4.69) is 34.6 Å². The second-order valence-electron chi connectivity index (χ2n) is 7.07. The largest absolute Gasteiger partial charge is 0.356 e. The first-order valence-electron chi connectivity index (χ1n) is 9.47. The zero-order chi connectivity index (χ0) is 19.1. The number of hydrogen-bond acceptors (Lipinski definition) is 2. The lowest BCUT2D eigenvalue weighted by atomic mass is 10.1. The highest BCUT2D eigenvalue weighted by Crippen LogP contribution is 2.22. The number of benzene rings is 2. The number of guanidine groups is 1. The third-order valence-electron chi connectivity index (χ3n) is 4.72. The van der Waals surface area contributed by atoms with E-state index in [4.69, 9.17) is 0 Å². The zero-order valence-electron chi connectivity index (χ0n) is 16.2. The molecule has 2 aromatic rings. The fourth-order valence-corrected chi connectivity index (χ4v) is 3.21. The molecule has 27 heavy (non-hydrogen) atoms. The summed E-state index contributed by atoms with van der Waals surface area (Å²) in [5.41, 5.74) is 3.72. The van der Waals surface area contributed by atoms with Crippen LogP contribution in [0.3, 0.4) is 0 Å². The van der Waals surface area contributed by atoms with E-state index in [0.717, 1.165) is 32.0 Å². The maximum atomic E-state index is 12.5. The van der Waals surface area contributed by atoms with Crippen LogP contribution < -0.4 is 5.32 Å². The SMILES string of the molecule is CN(C)C(=NCc1ccccc1)NCCCC(=O)N1Cc2ccccc2C1. The van der Waals surface area contributed by atoms with Gasteiger partial charge in [0.05, 0.1) is 6.54 Å². The molecule has 0 aromatic heterocycles. The van der Waals surface area contributed by atoms with Crippen molar-refractivity contribution in [3.05, 3.63) is 71.3 Å². The van der Waals surface area contributed by atoms with Gasteiger partial charge in [-0.15, -0.1) is 0 Å². The lowest BCUT2D eigenvalue weighted by molar-refractivity contribution is -0.131. The molecule has 1 N–H and O–H groups in total. The zero-order valence-corrected chi connectivity index (χ0v) is 16.2. The highest BCUT2D eigenvalue weighted by atomic mass is 16.2. The number of hydrogen-bond donors (Lipinski definition) is 1. The Balaban J connectivity index is 1.42. The fourth-order valence-electron chi connectivity index (χ4n) is 3.21. The molecule has 0 bridgehead atoms. The van der Waals surface area contributed by atoms with Crippen molar-refractivity contribution in [1.29, 1.82) is 0 Å². The Bertz CT molecular complexity index is 761.